The smallest absolute Gasteiger partial charge is 0.119 e. The maximum atomic E-state index is 6.19. The van der Waals surface area contributed by atoms with Crippen LogP contribution in [0.1, 0.15) is 16.0 Å². The Kier molecular flexibility index (Phi) is 4.67. The van der Waals surface area contributed by atoms with Crippen LogP contribution in [-0.4, -0.2) is 7.11 Å². The van der Waals surface area contributed by atoms with Crippen molar-refractivity contribution in [2.45, 2.75) is 11.2 Å². The van der Waals surface area contributed by atoms with Gasteiger partial charge in [0.1, 0.15) is 5.75 Å². The first-order valence-corrected chi connectivity index (χ1v) is 7.01. The zero-order valence-corrected chi connectivity index (χ0v) is 12.4. The normalized spacial score (nSPS) is 12.2. The van der Waals surface area contributed by atoms with Gasteiger partial charge in [-0.3, -0.25) is 0 Å². The Morgan fingerprint density at radius 1 is 1.17 bits per heavy atom. The molecular formula is C15H14BrClO. The summed E-state index contributed by atoms with van der Waals surface area (Å²) in [7, 11) is 1.68. The van der Waals surface area contributed by atoms with Crippen molar-refractivity contribution in [3.63, 3.8) is 0 Å². The first-order chi connectivity index (χ1) is 8.70. The molecule has 0 aliphatic heterocycles. The molecule has 0 bridgehead atoms. The van der Waals surface area contributed by atoms with Crippen molar-refractivity contribution in [3.05, 3.63) is 64.7 Å². The maximum Gasteiger partial charge on any atom is 0.119 e. The number of benzene rings is 2. The molecule has 1 nitrogen and oxygen atoms in total. The topological polar surface area (TPSA) is 9.23 Å². The molecule has 1 unspecified atom stereocenters. The number of hydrogen-bond donors (Lipinski definition) is 0. The minimum atomic E-state index is 0.207. The monoisotopic (exact) mass is 324 g/mol. The van der Waals surface area contributed by atoms with E-state index in [9.17, 15) is 0 Å². The van der Waals surface area contributed by atoms with Gasteiger partial charge in [-0.15, -0.1) is 0 Å². The highest BCUT2D eigenvalue weighted by molar-refractivity contribution is 9.09. The Bertz CT molecular complexity index is 527. The van der Waals surface area contributed by atoms with Gasteiger partial charge >= 0.3 is 0 Å². The first-order valence-electron chi connectivity index (χ1n) is 5.72. The van der Waals surface area contributed by atoms with E-state index in [2.05, 4.69) is 22.0 Å². The van der Waals surface area contributed by atoms with Crippen LogP contribution in [0, 0.1) is 0 Å². The number of ether oxygens (including phenoxy) is 1. The number of alkyl halides is 1. The summed E-state index contributed by atoms with van der Waals surface area (Å²) in [5, 5.41) is 0.794. The maximum absolute atomic E-state index is 6.19. The number of rotatable bonds is 4. The van der Waals surface area contributed by atoms with E-state index in [1.54, 1.807) is 7.11 Å². The third-order valence-corrected chi connectivity index (χ3v) is 3.95. The Morgan fingerprint density at radius 2 is 1.94 bits per heavy atom. The molecular weight excluding hydrogens is 312 g/mol. The average Bonchev–Trinajstić information content (AvgIpc) is 2.39. The molecule has 0 spiro atoms. The second-order valence-corrected chi connectivity index (χ2v) is 5.56. The number of hydrogen-bond acceptors (Lipinski definition) is 1. The van der Waals surface area contributed by atoms with Gasteiger partial charge in [0.2, 0.25) is 0 Å². The van der Waals surface area contributed by atoms with Gasteiger partial charge in [-0.05, 0) is 35.7 Å². The summed E-state index contributed by atoms with van der Waals surface area (Å²) in [5.41, 5.74) is 2.33. The Morgan fingerprint density at radius 3 is 2.67 bits per heavy atom. The third kappa shape index (κ3) is 3.27. The molecule has 0 saturated heterocycles. The lowest BCUT2D eigenvalue weighted by Crippen LogP contribution is -1.96. The SMILES string of the molecule is COc1cccc(CC(Br)c2ccccc2Cl)c1. The van der Waals surface area contributed by atoms with E-state index in [1.807, 2.05) is 42.5 Å². The molecule has 2 aromatic rings. The molecule has 0 N–H and O–H groups in total. The van der Waals surface area contributed by atoms with Gasteiger partial charge in [-0.25, -0.2) is 0 Å². The van der Waals surface area contributed by atoms with Crippen molar-refractivity contribution in [2.75, 3.05) is 7.11 Å². The van der Waals surface area contributed by atoms with Gasteiger partial charge in [-0.2, -0.15) is 0 Å². The zero-order valence-electron chi connectivity index (χ0n) is 10.1. The van der Waals surface area contributed by atoms with Gasteiger partial charge in [0.05, 0.1) is 7.11 Å². The van der Waals surface area contributed by atoms with E-state index in [0.29, 0.717) is 0 Å². The van der Waals surface area contributed by atoms with Crippen LogP contribution in [0.15, 0.2) is 48.5 Å². The van der Waals surface area contributed by atoms with Crippen molar-refractivity contribution >= 4 is 27.5 Å². The molecule has 1 atom stereocenters. The van der Waals surface area contributed by atoms with E-state index in [0.717, 1.165) is 22.8 Å². The summed E-state index contributed by atoms with van der Waals surface area (Å²) in [6, 6.07) is 16.0. The highest BCUT2D eigenvalue weighted by Crippen LogP contribution is 2.32. The van der Waals surface area contributed by atoms with E-state index in [4.69, 9.17) is 16.3 Å². The largest absolute Gasteiger partial charge is 0.497 e. The molecule has 0 heterocycles. The zero-order chi connectivity index (χ0) is 13.0. The van der Waals surface area contributed by atoms with Crippen LogP contribution < -0.4 is 4.74 Å². The van der Waals surface area contributed by atoms with Gasteiger partial charge < -0.3 is 4.74 Å². The summed E-state index contributed by atoms with van der Waals surface area (Å²) < 4.78 is 5.22. The summed E-state index contributed by atoms with van der Waals surface area (Å²) in [5.74, 6) is 0.881. The first kappa shape index (κ1) is 13.4. The molecule has 0 radical (unpaired) electrons. The van der Waals surface area contributed by atoms with Gasteiger partial charge in [0, 0.05) is 9.85 Å². The van der Waals surface area contributed by atoms with Crippen LogP contribution in [0.3, 0.4) is 0 Å². The Balaban J connectivity index is 2.16. The van der Waals surface area contributed by atoms with Crippen molar-refractivity contribution in [2.24, 2.45) is 0 Å². The molecule has 18 heavy (non-hydrogen) atoms. The molecule has 2 rings (SSSR count). The third-order valence-electron chi connectivity index (χ3n) is 2.79. The average molecular weight is 326 g/mol. The highest BCUT2D eigenvalue weighted by Gasteiger charge is 2.11. The van der Waals surface area contributed by atoms with E-state index >= 15 is 0 Å². The summed E-state index contributed by atoms with van der Waals surface area (Å²) in [6.45, 7) is 0. The predicted octanol–water partition coefficient (Wildman–Crippen LogP) is 5.03. The van der Waals surface area contributed by atoms with Crippen molar-refractivity contribution in [1.29, 1.82) is 0 Å². The molecule has 2 aromatic carbocycles. The molecule has 0 amide bonds. The lowest BCUT2D eigenvalue weighted by Gasteiger charge is -2.12. The van der Waals surface area contributed by atoms with Crippen LogP contribution in [0.2, 0.25) is 5.02 Å². The molecule has 0 saturated carbocycles. The second-order valence-electron chi connectivity index (χ2n) is 4.04. The molecule has 0 aliphatic carbocycles. The van der Waals surface area contributed by atoms with Crippen LogP contribution in [-0.2, 0) is 6.42 Å². The van der Waals surface area contributed by atoms with Gasteiger partial charge in [0.25, 0.3) is 0 Å². The van der Waals surface area contributed by atoms with Crippen molar-refractivity contribution < 1.29 is 4.74 Å². The fourth-order valence-electron chi connectivity index (χ4n) is 1.85. The molecule has 94 valence electrons. The lowest BCUT2D eigenvalue weighted by molar-refractivity contribution is 0.414. The van der Waals surface area contributed by atoms with E-state index in [-0.39, 0.29) is 4.83 Å². The van der Waals surface area contributed by atoms with Crippen LogP contribution in [0.4, 0.5) is 0 Å². The van der Waals surface area contributed by atoms with E-state index < -0.39 is 0 Å². The van der Waals surface area contributed by atoms with Crippen LogP contribution in [0.25, 0.3) is 0 Å². The van der Waals surface area contributed by atoms with Gasteiger partial charge in [-0.1, -0.05) is 57.9 Å². The van der Waals surface area contributed by atoms with Crippen LogP contribution in [0.5, 0.6) is 5.75 Å². The quantitative estimate of drug-likeness (QED) is 0.717. The summed E-state index contributed by atoms with van der Waals surface area (Å²) in [4.78, 5) is 0.207. The minimum Gasteiger partial charge on any atom is -0.497 e. The second kappa shape index (κ2) is 6.26. The Labute approximate surface area is 121 Å². The molecule has 0 aromatic heterocycles. The number of methoxy groups -OCH3 is 1. The van der Waals surface area contributed by atoms with Gasteiger partial charge in [0.15, 0.2) is 0 Å². The Hall–Kier alpha value is -0.990. The van der Waals surface area contributed by atoms with Crippen molar-refractivity contribution in [1.82, 2.24) is 0 Å². The number of halogens is 2. The van der Waals surface area contributed by atoms with Crippen molar-refractivity contribution in [3.8, 4) is 5.75 Å². The van der Waals surface area contributed by atoms with E-state index in [1.165, 1.54) is 5.56 Å². The summed E-state index contributed by atoms with van der Waals surface area (Å²) in [6.07, 6.45) is 0.876. The predicted molar refractivity (Wildman–Crippen MR) is 79.8 cm³/mol. The minimum absolute atomic E-state index is 0.207. The fourth-order valence-corrected chi connectivity index (χ4v) is 3.02. The highest BCUT2D eigenvalue weighted by atomic mass is 79.9. The molecule has 0 fully saturated rings. The molecule has 3 heteroatoms. The van der Waals surface area contributed by atoms with Crippen LogP contribution >= 0.6 is 27.5 Å². The summed E-state index contributed by atoms with van der Waals surface area (Å²) >= 11 is 9.88. The lowest BCUT2D eigenvalue weighted by atomic mass is 10.0. The standard InChI is InChI=1S/C15H14BrClO/c1-18-12-6-4-5-11(9-12)10-14(16)13-7-2-3-8-15(13)17/h2-9,14H,10H2,1H3. The molecule has 0 aliphatic rings. The fraction of sp³-hybridized carbons (Fsp3) is 0.200.